The molecule has 0 heterocycles. The zero-order chi connectivity index (χ0) is 13.9. The Labute approximate surface area is 94.4 Å². The highest BCUT2D eigenvalue weighted by atomic mass is 32.3. The molecule has 0 radical (unpaired) electrons. The molecule has 0 aromatic rings. The molecule has 17 heavy (non-hydrogen) atoms. The number of hydrogen-bond acceptors (Lipinski definition) is 7. The van der Waals surface area contributed by atoms with E-state index in [0.717, 1.165) is 0 Å². The smallest absolute Gasteiger partial charge is 0.448 e. The highest BCUT2D eigenvalue weighted by Crippen LogP contribution is 2.17. The molecular weight excluding hydrogens is 264 g/mol. The number of aliphatic hydroxyl groups is 1. The lowest BCUT2D eigenvalue weighted by Gasteiger charge is -2.19. The summed E-state index contributed by atoms with van der Waals surface area (Å²) in [6.07, 6.45) is -2.79. The van der Waals surface area contributed by atoms with Gasteiger partial charge in [0.2, 0.25) is 0 Å². The van der Waals surface area contributed by atoms with Gasteiger partial charge < -0.3 is 19.5 Å². The summed E-state index contributed by atoms with van der Waals surface area (Å²) >= 11 is 0. The Bertz CT molecular complexity index is 436. The Morgan fingerprint density at radius 1 is 1.12 bits per heavy atom. The lowest BCUT2D eigenvalue weighted by atomic mass is 9.96. The van der Waals surface area contributed by atoms with Crippen molar-refractivity contribution >= 4 is 28.3 Å². The molecule has 0 aliphatic heterocycles. The van der Waals surface area contributed by atoms with Crippen LogP contribution in [0.5, 0.6) is 0 Å². The molecule has 1 atom stereocenters. The van der Waals surface area contributed by atoms with Crippen molar-refractivity contribution in [3.8, 4) is 0 Å². The van der Waals surface area contributed by atoms with E-state index in [1.54, 1.807) is 0 Å². The molecule has 0 aliphatic carbocycles. The molecule has 0 saturated heterocycles. The highest BCUT2D eigenvalue weighted by Gasteiger charge is 2.42. The minimum absolute atomic E-state index is 1.34. The van der Waals surface area contributed by atoms with E-state index in [4.69, 9.17) is 14.8 Å². The number of carbonyl (C=O) groups is 3. The zero-order valence-electron chi connectivity index (χ0n) is 8.06. The van der Waals surface area contributed by atoms with Crippen molar-refractivity contribution in [1.29, 1.82) is 0 Å². The number of hydrogen-bond donors (Lipinski definition) is 4. The molecule has 1 unspecified atom stereocenters. The van der Waals surface area contributed by atoms with Gasteiger partial charge in [-0.05, 0) is 0 Å². The highest BCUT2D eigenvalue weighted by molar-refractivity contribution is 7.81. The van der Waals surface area contributed by atoms with E-state index in [1.807, 2.05) is 0 Å². The third-order valence-electron chi connectivity index (χ3n) is 1.48. The molecule has 4 N–H and O–H groups in total. The van der Waals surface area contributed by atoms with E-state index < -0.39 is 46.7 Å². The lowest BCUT2D eigenvalue weighted by molar-refractivity contribution is -0.169. The molecule has 0 bridgehead atoms. The Morgan fingerprint density at radius 2 is 1.59 bits per heavy atom. The second kappa shape index (κ2) is 5.07. The summed E-state index contributed by atoms with van der Waals surface area (Å²) in [5.74, 6) is -5.58. The Balaban J connectivity index is 4.84. The fourth-order valence-corrected chi connectivity index (χ4v) is 1.14. The van der Waals surface area contributed by atoms with Crippen LogP contribution in [0.1, 0.15) is 12.8 Å². The summed E-state index contributed by atoms with van der Waals surface area (Å²) in [4.78, 5) is 31.6. The normalized spacial score (nSPS) is 14.7. The molecular formula is C6H8O10S. The lowest BCUT2D eigenvalue weighted by Crippen LogP contribution is -2.43. The van der Waals surface area contributed by atoms with Crippen LogP contribution in [0.4, 0.5) is 0 Å². The van der Waals surface area contributed by atoms with E-state index in [9.17, 15) is 27.9 Å². The molecule has 0 aliphatic rings. The second-order valence-corrected chi connectivity index (χ2v) is 3.99. The van der Waals surface area contributed by atoms with Gasteiger partial charge >= 0.3 is 28.3 Å². The summed E-state index contributed by atoms with van der Waals surface area (Å²) in [6, 6.07) is 0. The van der Waals surface area contributed by atoms with Crippen LogP contribution in [0.2, 0.25) is 0 Å². The van der Waals surface area contributed by atoms with Gasteiger partial charge in [-0.25, -0.2) is 4.79 Å². The summed E-state index contributed by atoms with van der Waals surface area (Å²) in [5, 5.41) is 26.1. The Hall–Kier alpha value is -1.72. The average Bonchev–Trinajstić information content (AvgIpc) is 1.96. The molecule has 0 saturated carbocycles. The predicted molar refractivity (Wildman–Crippen MR) is 47.1 cm³/mol. The largest absolute Gasteiger partial charge is 0.481 e. The van der Waals surface area contributed by atoms with Crippen molar-refractivity contribution < 1.29 is 46.9 Å². The summed E-state index contributed by atoms with van der Waals surface area (Å²) in [6.45, 7) is 0. The van der Waals surface area contributed by atoms with Crippen molar-refractivity contribution in [2.24, 2.45) is 0 Å². The maximum atomic E-state index is 10.8. The Kier molecular flexibility index (Phi) is 4.56. The van der Waals surface area contributed by atoms with Gasteiger partial charge in [-0.2, -0.15) is 8.42 Å². The molecule has 0 aromatic carbocycles. The van der Waals surface area contributed by atoms with E-state index in [0.29, 0.717) is 0 Å². The number of carbonyl (C=O) groups excluding carboxylic acids is 1. The van der Waals surface area contributed by atoms with Crippen molar-refractivity contribution in [3.63, 3.8) is 0 Å². The van der Waals surface area contributed by atoms with Gasteiger partial charge in [-0.1, -0.05) is 0 Å². The van der Waals surface area contributed by atoms with E-state index >= 15 is 0 Å². The first-order valence-corrected chi connectivity index (χ1v) is 5.20. The van der Waals surface area contributed by atoms with Crippen LogP contribution in [-0.4, -0.2) is 51.8 Å². The van der Waals surface area contributed by atoms with Crippen molar-refractivity contribution in [1.82, 2.24) is 0 Å². The standard InChI is InChI=1S/C6H8O10S/c7-3(8)1-6(12,5(10)11)2-4(9)16-17(13,14)15/h12H,1-2H2,(H,7,8)(H,10,11)(H,13,14,15). The molecule has 10 nitrogen and oxygen atoms in total. The molecule has 0 spiro atoms. The summed E-state index contributed by atoms with van der Waals surface area (Å²) in [7, 11) is -5.15. The van der Waals surface area contributed by atoms with Crippen LogP contribution >= 0.6 is 0 Å². The molecule has 0 fully saturated rings. The summed E-state index contributed by atoms with van der Waals surface area (Å²) < 4.78 is 31.6. The minimum atomic E-state index is -5.15. The van der Waals surface area contributed by atoms with Crippen LogP contribution < -0.4 is 0 Å². The first-order valence-electron chi connectivity index (χ1n) is 3.83. The van der Waals surface area contributed by atoms with E-state index in [-0.39, 0.29) is 0 Å². The van der Waals surface area contributed by atoms with Crippen LogP contribution in [0.15, 0.2) is 0 Å². The number of aliphatic carboxylic acids is 2. The van der Waals surface area contributed by atoms with Crippen molar-refractivity contribution in [2.75, 3.05) is 0 Å². The third-order valence-corrected chi connectivity index (χ3v) is 1.87. The van der Waals surface area contributed by atoms with E-state index in [1.165, 1.54) is 0 Å². The predicted octanol–water partition coefficient (Wildman–Crippen LogP) is -1.99. The average molecular weight is 272 g/mol. The van der Waals surface area contributed by atoms with Gasteiger partial charge in [0.05, 0.1) is 12.8 Å². The molecule has 0 amide bonds. The quantitative estimate of drug-likeness (QED) is 0.396. The monoisotopic (exact) mass is 272 g/mol. The minimum Gasteiger partial charge on any atom is -0.481 e. The fraction of sp³-hybridized carbons (Fsp3) is 0.500. The topological polar surface area (TPSA) is 175 Å². The van der Waals surface area contributed by atoms with Gasteiger partial charge in [0.25, 0.3) is 0 Å². The van der Waals surface area contributed by atoms with Gasteiger partial charge in [0.15, 0.2) is 5.60 Å². The van der Waals surface area contributed by atoms with Gasteiger partial charge in [0.1, 0.15) is 0 Å². The van der Waals surface area contributed by atoms with Gasteiger partial charge in [0, 0.05) is 0 Å². The van der Waals surface area contributed by atoms with Crippen molar-refractivity contribution in [3.05, 3.63) is 0 Å². The summed E-state index contributed by atoms with van der Waals surface area (Å²) in [5.41, 5.74) is -3.02. The maximum absolute atomic E-state index is 10.8. The molecule has 98 valence electrons. The fourth-order valence-electron chi connectivity index (χ4n) is 0.850. The third kappa shape index (κ3) is 5.79. The zero-order valence-corrected chi connectivity index (χ0v) is 8.88. The Morgan fingerprint density at radius 3 is 1.88 bits per heavy atom. The molecule has 11 heteroatoms. The van der Waals surface area contributed by atoms with Crippen LogP contribution in [0.3, 0.4) is 0 Å². The van der Waals surface area contributed by atoms with Crippen LogP contribution in [0, 0.1) is 0 Å². The van der Waals surface area contributed by atoms with Gasteiger partial charge in [-0.3, -0.25) is 14.1 Å². The number of rotatable bonds is 6. The number of carboxylic acids is 2. The first kappa shape index (κ1) is 15.3. The molecule has 0 rings (SSSR count). The van der Waals surface area contributed by atoms with E-state index in [2.05, 4.69) is 4.18 Å². The van der Waals surface area contributed by atoms with Crippen molar-refractivity contribution in [2.45, 2.75) is 18.4 Å². The first-order chi connectivity index (χ1) is 7.46. The number of carboxylic acid groups (broad SMARTS) is 2. The second-order valence-electron chi connectivity index (χ2n) is 2.97. The maximum Gasteiger partial charge on any atom is 0.448 e. The van der Waals surface area contributed by atoms with Crippen LogP contribution in [-0.2, 0) is 29.0 Å². The SMILES string of the molecule is O=C(O)CC(O)(CC(=O)OS(=O)(=O)O)C(=O)O. The van der Waals surface area contributed by atoms with Gasteiger partial charge in [-0.15, -0.1) is 0 Å². The van der Waals surface area contributed by atoms with Crippen LogP contribution in [0.25, 0.3) is 0 Å². The molecule has 0 aromatic heterocycles.